The number of benzene rings is 1. The van der Waals surface area contributed by atoms with Gasteiger partial charge in [-0.05, 0) is 96.6 Å². The first-order valence-corrected chi connectivity index (χ1v) is 16.6. The third-order valence-corrected chi connectivity index (χ3v) is 10.8. The summed E-state index contributed by atoms with van der Waals surface area (Å²) in [7, 11) is -1.78. The molecule has 2 aliphatic heterocycles. The highest BCUT2D eigenvalue weighted by atomic mass is 32.2. The molecule has 238 valence electrons. The van der Waals surface area contributed by atoms with Gasteiger partial charge < -0.3 is 20.3 Å². The first-order valence-electron chi connectivity index (χ1n) is 15.0. The van der Waals surface area contributed by atoms with Crippen LogP contribution in [-0.4, -0.2) is 64.6 Å². The fourth-order valence-electron chi connectivity index (χ4n) is 6.12. The van der Waals surface area contributed by atoms with Crippen LogP contribution >= 0.6 is 0 Å². The Balaban J connectivity index is 1.37. The maximum atomic E-state index is 14.1. The lowest BCUT2D eigenvalue weighted by atomic mass is 9.82. The zero-order valence-electron chi connectivity index (χ0n) is 25.5. The number of hydrogen-bond acceptors (Lipinski definition) is 9. The lowest BCUT2D eigenvalue weighted by molar-refractivity contribution is -0.137. The van der Waals surface area contributed by atoms with Crippen molar-refractivity contribution in [2.75, 3.05) is 30.8 Å². The molecule has 3 aliphatic rings. The van der Waals surface area contributed by atoms with Crippen LogP contribution in [0.15, 0.2) is 23.5 Å². The second-order valence-electron chi connectivity index (χ2n) is 12.5. The molecule has 10 nitrogen and oxygen atoms in total. The van der Waals surface area contributed by atoms with E-state index >= 15 is 0 Å². The average Bonchev–Trinajstić information content (AvgIpc) is 3.59. The molecule has 44 heavy (non-hydrogen) atoms. The van der Waals surface area contributed by atoms with Crippen molar-refractivity contribution >= 4 is 33.0 Å². The summed E-state index contributed by atoms with van der Waals surface area (Å²) in [4.78, 5) is 10.5. The van der Waals surface area contributed by atoms with E-state index in [4.69, 9.17) is 4.74 Å². The SMILES string of the molecule is Cc1cc(Nc2ncc(C(F)(F)F)c(Nc3cn(C4CC4)nc3S(=O)(=O)C(C)C)n2)c2c(c1C1CCN(C)CC1)C[C@@H](C)O2. The number of aryl methyl sites for hydroxylation is 1. The van der Waals surface area contributed by atoms with E-state index < -0.39 is 32.6 Å². The molecular weight excluding hydrogens is 595 g/mol. The van der Waals surface area contributed by atoms with E-state index in [9.17, 15) is 21.6 Å². The predicted octanol–water partition coefficient (Wildman–Crippen LogP) is 6.14. The number of ether oxygens (including phenoxy) is 1. The Morgan fingerprint density at radius 1 is 1.09 bits per heavy atom. The Bertz CT molecular complexity index is 1680. The van der Waals surface area contributed by atoms with Crippen LogP contribution in [0.25, 0.3) is 0 Å². The molecule has 2 N–H and O–H groups in total. The second kappa shape index (κ2) is 11.2. The number of likely N-dealkylation sites (tertiary alicyclic amines) is 1. The smallest absolute Gasteiger partial charge is 0.421 e. The molecule has 1 saturated carbocycles. The molecule has 0 amide bonds. The van der Waals surface area contributed by atoms with Crippen molar-refractivity contribution in [1.82, 2.24) is 24.6 Å². The minimum absolute atomic E-state index is 0.0154. The quantitative estimate of drug-likeness (QED) is 0.302. The third kappa shape index (κ3) is 5.85. The zero-order valence-corrected chi connectivity index (χ0v) is 26.3. The van der Waals surface area contributed by atoms with Crippen LogP contribution in [0.1, 0.15) is 80.7 Å². The molecule has 0 radical (unpaired) electrons. The number of halogens is 3. The van der Waals surface area contributed by atoms with Crippen molar-refractivity contribution in [1.29, 1.82) is 0 Å². The standard InChI is InChI=1S/C30H38F3N7O3S/c1-16(2)44(41,42)28-24(15-40(38-28)20-6-7-20)35-27-22(30(31,32)33)14-34-29(37-27)36-23-12-17(3)25(19-8-10-39(5)11-9-19)21-13-18(4)43-26(21)23/h12,14-16,18-20H,6-11,13H2,1-5H3,(H2,34,35,36,37)/t18-/m1/s1. The molecule has 1 aromatic carbocycles. The van der Waals surface area contributed by atoms with E-state index in [1.165, 1.54) is 30.3 Å². The van der Waals surface area contributed by atoms with Crippen molar-refractivity contribution in [3.05, 3.63) is 40.7 Å². The van der Waals surface area contributed by atoms with E-state index in [0.717, 1.165) is 56.3 Å². The number of rotatable bonds is 8. The second-order valence-corrected chi connectivity index (χ2v) is 14.9. The van der Waals surface area contributed by atoms with Crippen LogP contribution in [0.2, 0.25) is 0 Å². The number of nitrogens with zero attached hydrogens (tertiary/aromatic N) is 5. The number of hydrogen-bond donors (Lipinski definition) is 2. The van der Waals surface area contributed by atoms with Crippen LogP contribution in [0.5, 0.6) is 5.75 Å². The lowest BCUT2D eigenvalue weighted by Crippen LogP contribution is -2.29. The number of fused-ring (bicyclic) bond motifs is 1. The first-order chi connectivity index (χ1) is 20.7. The van der Waals surface area contributed by atoms with Gasteiger partial charge in [0.1, 0.15) is 23.2 Å². The van der Waals surface area contributed by atoms with Crippen molar-refractivity contribution < 1.29 is 26.3 Å². The van der Waals surface area contributed by atoms with Crippen LogP contribution in [0, 0.1) is 6.92 Å². The number of alkyl halides is 3. The summed E-state index contributed by atoms with van der Waals surface area (Å²) < 4.78 is 76.4. The van der Waals surface area contributed by atoms with Crippen molar-refractivity contribution in [3.63, 3.8) is 0 Å². The molecule has 0 bridgehead atoms. The van der Waals surface area contributed by atoms with Gasteiger partial charge in [-0.2, -0.15) is 23.3 Å². The molecule has 1 saturated heterocycles. The molecule has 6 rings (SSSR count). The molecule has 0 unspecified atom stereocenters. The molecule has 4 heterocycles. The Kier molecular flexibility index (Phi) is 7.80. The zero-order chi connectivity index (χ0) is 31.6. The number of anilines is 4. The number of aromatic nitrogens is 4. The summed E-state index contributed by atoms with van der Waals surface area (Å²) in [6.07, 6.45) is 1.77. The van der Waals surface area contributed by atoms with E-state index in [1.807, 2.05) is 13.0 Å². The lowest BCUT2D eigenvalue weighted by Gasteiger charge is -2.31. The number of sulfone groups is 1. The minimum Gasteiger partial charge on any atom is -0.488 e. The van der Waals surface area contributed by atoms with E-state index in [0.29, 0.717) is 23.6 Å². The van der Waals surface area contributed by atoms with Gasteiger partial charge >= 0.3 is 6.18 Å². The number of piperidine rings is 1. The fraction of sp³-hybridized carbons (Fsp3) is 0.567. The van der Waals surface area contributed by atoms with Gasteiger partial charge in [0.15, 0.2) is 0 Å². The summed E-state index contributed by atoms with van der Waals surface area (Å²) >= 11 is 0. The van der Waals surface area contributed by atoms with E-state index in [1.54, 1.807) is 0 Å². The maximum Gasteiger partial charge on any atom is 0.421 e. The van der Waals surface area contributed by atoms with Gasteiger partial charge in [0.05, 0.1) is 28.9 Å². The van der Waals surface area contributed by atoms with Gasteiger partial charge in [0.25, 0.3) is 0 Å². The minimum atomic E-state index is -4.80. The molecule has 14 heteroatoms. The molecule has 2 aromatic heterocycles. The summed E-state index contributed by atoms with van der Waals surface area (Å²) in [6, 6.07) is 1.97. The highest BCUT2D eigenvalue weighted by molar-refractivity contribution is 7.92. The molecule has 1 aliphatic carbocycles. The van der Waals surface area contributed by atoms with Crippen LogP contribution in [0.4, 0.5) is 36.3 Å². The summed E-state index contributed by atoms with van der Waals surface area (Å²) in [6.45, 7) is 9.10. The van der Waals surface area contributed by atoms with Gasteiger partial charge in [-0.15, -0.1) is 0 Å². The monoisotopic (exact) mass is 633 g/mol. The third-order valence-electron chi connectivity index (χ3n) is 8.67. The summed E-state index contributed by atoms with van der Waals surface area (Å²) in [5, 5.41) is 8.89. The van der Waals surface area contributed by atoms with E-state index in [-0.39, 0.29) is 28.8 Å². The van der Waals surface area contributed by atoms with Crippen molar-refractivity contribution in [3.8, 4) is 5.75 Å². The Morgan fingerprint density at radius 3 is 2.43 bits per heavy atom. The van der Waals surface area contributed by atoms with Crippen LogP contribution in [-0.2, 0) is 22.4 Å². The van der Waals surface area contributed by atoms with Crippen LogP contribution in [0.3, 0.4) is 0 Å². The van der Waals surface area contributed by atoms with Gasteiger partial charge in [0, 0.05) is 18.2 Å². The number of nitrogens with one attached hydrogen (secondary N) is 2. The Labute approximate surface area is 255 Å². The van der Waals surface area contributed by atoms with Gasteiger partial charge in [0.2, 0.25) is 20.8 Å². The molecule has 1 atom stereocenters. The summed E-state index contributed by atoms with van der Waals surface area (Å²) in [5.74, 6) is 0.427. The predicted molar refractivity (Wildman–Crippen MR) is 161 cm³/mol. The Morgan fingerprint density at radius 2 is 1.80 bits per heavy atom. The molecule has 0 spiro atoms. The highest BCUT2D eigenvalue weighted by Gasteiger charge is 2.38. The van der Waals surface area contributed by atoms with E-state index in [2.05, 4.69) is 44.6 Å². The van der Waals surface area contributed by atoms with Gasteiger partial charge in [-0.3, -0.25) is 4.68 Å². The highest BCUT2D eigenvalue weighted by Crippen LogP contribution is 2.46. The molecule has 3 aromatic rings. The van der Waals surface area contributed by atoms with Crippen molar-refractivity contribution in [2.24, 2.45) is 0 Å². The van der Waals surface area contributed by atoms with Gasteiger partial charge in [-0.1, -0.05) is 0 Å². The normalized spacial score (nSPS) is 19.7. The Hall–Kier alpha value is -3.39. The van der Waals surface area contributed by atoms with Crippen molar-refractivity contribution in [2.45, 2.75) is 94.3 Å². The molecular formula is C30H38F3N7O3S. The largest absolute Gasteiger partial charge is 0.488 e. The summed E-state index contributed by atoms with van der Waals surface area (Å²) in [5.41, 5.74) is 2.89. The van der Waals surface area contributed by atoms with Crippen LogP contribution < -0.4 is 15.4 Å². The van der Waals surface area contributed by atoms with Gasteiger partial charge in [-0.25, -0.2) is 13.4 Å². The first kappa shape index (κ1) is 30.6. The maximum absolute atomic E-state index is 14.1. The topological polar surface area (TPSA) is 114 Å². The fourth-order valence-corrected chi connectivity index (χ4v) is 7.19. The average molecular weight is 634 g/mol. The molecule has 2 fully saturated rings.